The van der Waals surface area contributed by atoms with Crippen LogP contribution in [0.15, 0.2) is 48.5 Å². The Bertz CT molecular complexity index is 819. The molecule has 0 aliphatic heterocycles. The summed E-state index contributed by atoms with van der Waals surface area (Å²) in [4.78, 5) is 14.8. The van der Waals surface area contributed by atoms with Gasteiger partial charge in [0, 0.05) is 18.3 Å². The number of halogens is 3. The van der Waals surface area contributed by atoms with Crippen molar-refractivity contribution in [1.29, 1.82) is 0 Å². The number of nitrogens with zero attached hydrogens (tertiary/aromatic N) is 1. The fourth-order valence-electron chi connectivity index (χ4n) is 3.07. The zero-order valence-corrected chi connectivity index (χ0v) is 16.2. The summed E-state index contributed by atoms with van der Waals surface area (Å²) >= 11 is 0. The summed E-state index contributed by atoms with van der Waals surface area (Å²) in [5, 5.41) is 2.76. The molecule has 3 rings (SSSR count). The van der Waals surface area contributed by atoms with Crippen molar-refractivity contribution in [3.8, 4) is 11.5 Å². The molecule has 8 heteroatoms. The van der Waals surface area contributed by atoms with Gasteiger partial charge < -0.3 is 14.8 Å². The number of carbonyl (C=O) groups excluding carboxylic acids is 1. The zero-order chi connectivity index (χ0) is 21.0. The van der Waals surface area contributed by atoms with Crippen LogP contribution in [0.25, 0.3) is 0 Å². The van der Waals surface area contributed by atoms with Gasteiger partial charge in [-0.2, -0.15) is 0 Å². The predicted octanol–water partition coefficient (Wildman–Crippen LogP) is 4.59. The van der Waals surface area contributed by atoms with Gasteiger partial charge in [-0.25, -0.2) is 0 Å². The van der Waals surface area contributed by atoms with Gasteiger partial charge in [0.05, 0.1) is 13.2 Å². The van der Waals surface area contributed by atoms with E-state index in [4.69, 9.17) is 4.74 Å². The van der Waals surface area contributed by atoms with Crippen molar-refractivity contribution >= 4 is 11.6 Å². The topological polar surface area (TPSA) is 50.8 Å². The largest absolute Gasteiger partial charge is 0.573 e. The Kier molecular flexibility index (Phi) is 6.32. The van der Waals surface area contributed by atoms with Crippen molar-refractivity contribution in [2.24, 2.45) is 0 Å². The molecule has 156 valence electrons. The van der Waals surface area contributed by atoms with Crippen LogP contribution in [-0.2, 0) is 11.3 Å². The molecule has 1 N–H and O–H groups in total. The summed E-state index contributed by atoms with van der Waals surface area (Å²) < 4.78 is 45.7. The molecule has 0 saturated heterocycles. The maximum atomic E-state index is 12.7. The molecular formula is C21H23F3N2O3. The van der Waals surface area contributed by atoms with Gasteiger partial charge in [0.25, 0.3) is 0 Å². The van der Waals surface area contributed by atoms with Crippen molar-refractivity contribution in [3.05, 3.63) is 54.1 Å². The maximum Gasteiger partial charge on any atom is 0.573 e. The van der Waals surface area contributed by atoms with E-state index >= 15 is 0 Å². The van der Waals surface area contributed by atoms with Crippen LogP contribution in [0.3, 0.4) is 0 Å². The van der Waals surface area contributed by atoms with Crippen molar-refractivity contribution in [2.75, 3.05) is 12.4 Å². The second kappa shape index (κ2) is 8.73. The monoisotopic (exact) mass is 408 g/mol. The van der Waals surface area contributed by atoms with Crippen LogP contribution in [0.2, 0.25) is 0 Å². The van der Waals surface area contributed by atoms with Gasteiger partial charge in [-0.3, -0.25) is 9.69 Å². The Morgan fingerprint density at radius 2 is 1.69 bits per heavy atom. The van der Waals surface area contributed by atoms with Crippen LogP contribution in [0.5, 0.6) is 11.5 Å². The van der Waals surface area contributed by atoms with Gasteiger partial charge in [-0.15, -0.1) is 13.2 Å². The van der Waals surface area contributed by atoms with E-state index in [9.17, 15) is 18.0 Å². The van der Waals surface area contributed by atoms with E-state index in [1.807, 2.05) is 31.2 Å². The quantitative estimate of drug-likeness (QED) is 0.695. The minimum Gasteiger partial charge on any atom is -0.497 e. The average Bonchev–Trinajstić information content (AvgIpc) is 3.51. The minimum absolute atomic E-state index is 0.213. The third kappa shape index (κ3) is 6.12. The SMILES string of the molecule is COc1ccc(CN(C2CC2)[C@H](C)C(=O)Nc2ccc(OC(F)(F)F)cc2)cc1. The summed E-state index contributed by atoms with van der Waals surface area (Å²) in [5.74, 6) is 0.230. The molecule has 2 aromatic carbocycles. The molecule has 1 atom stereocenters. The fourth-order valence-corrected chi connectivity index (χ4v) is 3.07. The van der Waals surface area contributed by atoms with Crippen molar-refractivity contribution in [1.82, 2.24) is 4.90 Å². The highest BCUT2D eigenvalue weighted by molar-refractivity contribution is 5.94. The van der Waals surface area contributed by atoms with Gasteiger partial charge in [-0.05, 0) is 61.7 Å². The number of nitrogens with one attached hydrogen (secondary N) is 1. The van der Waals surface area contributed by atoms with Gasteiger partial charge >= 0.3 is 6.36 Å². The van der Waals surface area contributed by atoms with Gasteiger partial charge in [0.15, 0.2) is 0 Å². The number of alkyl halides is 3. The van der Waals surface area contributed by atoms with Crippen molar-refractivity contribution in [2.45, 2.75) is 44.8 Å². The second-order valence-electron chi connectivity index (χ2n) is 6.99. The molecule has 1 saturated carbocycles. The van der Waals surface area contributed by atoms with E-state index in [-0.39, 0.29) is 11.7 Å². The number of rotatable bonds is 8. The molecular weight excluding hydrogens is 385 g/mol. The molecule has 1 aliphatic carbocycles. The molecule has 0 unspecified atom stereocenters. The van der Waals surface area contributed by atoms with Crippen LogP contribution < -0.4 is 14.8 Å². The molecule has 0 aromatic heterocycles. The summed E-state index contributed by atoms with van der Waals surface area (Å²) in [6, 6.07) is 12.8. The first-order valence-corrected chi connectivity index (χ1v) is 9.30. The molecule has 0 bridgehead atoms. The number of carbonyl (C=O) groups is 1. The number of amides is 1. The normalized spacial score (nSPS) is 15.1. The fraction of sp³-hybridized carbons (Fsp3) is 0.381. The minimum atomic E-state index is -4.74. The first-order valence-electron chi connectivity index (χ1n) is 9.30. The Balaban J connectivity index is 1.62. The number of benzene rings is 2. The van der Waals surface area contributed by atoms with E-state index in [1.54, 1.807) is 7.11 Å². The number of anilines is 1. The summed E-state index contributed by atoms with van der Waals surface area (Å²) in [5.41, 5.74) is 1.49. The lowest BCUT2D eigenvalue weighted by Crippen LogP contribution is -2.42. The standard InChI is InChI=1S/C21H23F3N2O3/c1-14(20(27)25-16-5-11-19(12-6-16)29-21(22,23)24)26(17-7-8-17)13-15-3-9-18(28-2)10-4-15/h3-6,9-12,14,17H,7-8,13H2,1-2H3,(H,25,27)/t14-/m1/s1. The maximum absolute atomic E-state index is 12.7. The molecule has 5 nitrogen and oxygen atoms in total. The van der Waals surface area contributed by atoms with Crippen LogP contribution in [-0.4, -0.2) is 36.4 Å². The Labute approximate surface area is 167 Å². The van der Waals surface area contributed by atoms with Gasteiger partial charge in [0.1, 0.15) is 11.5 Å². The van der Waals surface area contributed by atoms with Crippen LogP contribution >= 0.6 is 0 Å². The van der Waals surface area contributed by atoms with E-state index in [0.29, 0.717) is 18.3 Å². The summed E-state index contributed by atoms with van der Waals surface area (Å²) in [6.45, 7) is 2.46. The van der Waals surface area contributed by atoms with E-state index in [1.165, 1.54) is 24.3 Å². The molecule has 29 heavy (non-hydrogen) atoms. The van der Waals surface area contributed by atoms with Crippen molar-refractivity contribution < 1.29 is 27.4 Å². The van der Waals surface area contributed by atoms with Gasteiger partial charge in [-0.1, -0.05) is 12.1 Å². The predicted molar refractivity (Wildman–Crippen MR) is 103 cm³/mol. The molecule has 1 amide bonds. The molecule has 0 radical (unpaired) electrons. The molecule has 0 heterocycles. The second-order valence-corrected chi connectivity index (χ2v) is 6.99. The van der Waals surface area contributed by atoms with Crippen molar-refractivity contribution in [3.63, 3.8) is 0 Å². The number of hydrogen-bond donors (Lipinski definition) is 1. The number of ether oxygens (including phenoxy) is 2. The summed E-state index contributed by atoms with van der Waals surface area (Å²) in [7, 11) is 1.61. The molecule has 1 aliphatic rings. The van der Waals surface area contributed by atoms with Crippen LogP contribution in [0.4, 0.5) is 18.9 Å². The highest BCUT2D eigenvalue weighted by Crippen LogP contribution is 2.31. The lowest BCUT2D eigenvalue weighted by Gasteiger charge is -2.28. The highest BCUT2D eigenvalue weighted by atomic mass is 19.4. The average molecular weight is 408 g/mol. The van der Waals surface area contributed by atoms with Crippen LogP contribution in [0.1, 0.15) is 25.3 Å². The smallest absolute Gasteiger partial charge is 0.497 e. The van der Waals surface area contributed by atoms with E-state index in [2.05, 4.69) is 15.0 Å². The molecule has 0 spiro atoms. The van der Waals surface area contributed by atoms with E-state index < -0.39 is 12.4 Å². The first kappa shape index (κ1) is 21.0. The lowest BCUT2D eigenvalue weighted by molar-refractivity contribution is -0.274. The van der Waals surface area contributed by atoms with Gasteiger partial charge in [0.2, 0.25) is 5.91 Å². The third-order valence-electron chi connectivity index (χ3n) is 4.77. The third-order valence-corrected chi connectivity index (χ3v) is 4.77. The van der Waals surface area contributed by atoms with E-state index in [0.717, 1.165) is 24.2 Å². The number of methoxy groups -OCH3 is 1. The van der Waals surface area contributed by atoms with Crippen LogP contribution in [0, 0.1) is 0 Å². The summed E-state index contributed by atoms with van der Waals surface area (Å²) in [6.07, 6.45) is -2.67. The highest BCUT2D eigenvalue weighted by Gasteiger charge is 2.35. The first-order chi connectivity index (χ1) is 13.7. The Morgan fingerprint density at radius 1 is 1.10 bits per heavy atom. The lowest BCUT2D eigenvalue weighted by atomic mass is 10.1. The molecule has 1 fully saturated rings. The Morgan fingerprint density at radius 3 is 2.21 bits per heavy atom. The Hall–Kier alpha value is -2.74. The zero-order valence-electron chi connectivity index (χ0n) is 16.2. The molecule has 2 aromatic rings. The number of hydrogen-bond acceptors (Lipinski definition) is 4.